The predicted octanol–water partition coefficient (Wildman–Crippen LogP) is 3.93. The van der Waals surface area contributed by atoms with Crippen LogP contribution < -0.4 is 10.1 Å². The summed E-state index contributed by atoms with van der Waals surface area (Å²) >= 11 is 0. The number of ether oxygens (including phenoxy) is 1. The van der Waals surface area contributed by atoms with Gasteiger partial charge in [-0.1, -0.05) is 12.1 Å². The van der Waals surface area contributed by atoms with E-state index in [1.54, 1.807) is 7.11 Å². The second kappa shape index (κ2) is 7.82. The van der Waals surface area contributed by atoms with Crippen LogP contribution in [-0.4, -0.2) is 27.3 Å². The lowest BCUT2D eigenvalue weighted by Crippen LogP contribution is -2.24. The summed E-state index contributed by atoms with van der Waals surface area (Å²) in [5.74, 6) is 1.87. The average molecular weight is 403 g/mol. The fraction of sp³-hybridized carbons (Fsp3) is 0.350. The van der Waals surface area contributed by atoms with Gasteiger partial charge >= 0.3 is 6.18 Å². The van der Waals surface area contributed by atoms with Crippen molar-refractivity contribution < 1.29 is 17.9 Å². The second-order valence-electron chi connectivity index (χ2n) is 7.02. The van der Waals surface area contributed by atoms with Gasteiger partial charge in [0.25, 0.3) is 0 Å². The van der Waals surface area contributed by atoms with Gasteiger partial charge in [0, 0.05) is 6.04 Å². The molecular formula is C20H20F3N5O. The molecule has 1 saturated carbocycles. The Labute approximate surface area is 165 Å². The Morgan fingerprint density at radius 3 is 2.38 bits per heavy atom. The molecule has 1 aromatic heterocycles. The fourth-order valence-corrected chi connectivity index (χ4v) is 3.31. The van der Waals surface area contributed by atoms with Gasteiger partial charge in [0.15, 0.2) is 5.82 Å². The number of aromatic nitrogens is 4. The molecule has 1 fully saturated rings. The fourth-order valence-electron chi connectivity index (χ4n) is 3.31. The number of hydrogen-bond donors (Lipinski definition) is 1. The van der Waals surface area contributed by atoms with Gasteiger partial charge < -0.3 is 10.1 Å². The molecule has 9 heteroatoms. The summed E-state index contributed by atoms with van der Waals surface area (Å²) in [5.41, 5.74) is 0.927. The molecule has 29 heavy (non-hydrogen) atoms. The van der Waals surface area contributed by atoms with Gasteiger partial charge in [-0.2, -0.15) is 17.9 Å². The Balaban J connectivity index is 1.49. The number of rotatable bonds is 7. The van der Waals surface area contributed by atoms with Crippen LogP contribution in [0.5, 0.6) is 5.75 Å². The smallest absolute Gasteiger partial charge is 0.416 e. The average Bonchev–Trinajstić information content (AvgIpc) is 3.45. The maximum Gasteiger partial charge on any atom is 0.416 e. The lowest BCUT2D eigenvalue weighted by atomic mass is 10.0. The van der Waals surface area contributed by atoms with Crippen molar-refractivity contribution in [3.8, 4) is 11.4 Å². The third kappa shape index (κ3) is 4.40. The molecule has 0 aliphatic heterocycles. The van der Waals surface area contributed by atoms with Crippen LogP contribution in [0.1, 0.15) is 35.8 Å². The molecular weight excluding hydrogens is 383 g/mol. The zero-order valence-corrected chi connectivity index (χ0v) is 15.7. The molecule has 0 saturated heterocycles. The van der Waals surface area contributed by atoms with Crippen molar-refractivity contribution in [2.75, 3.05) is 7.11 Å². The molecule has 1 atom stereocenters. The number of nitrogens with zero attached hydrogens (tertiary/aromatic N) is 4. The number of alkyl halides is 3. The van der Waals surface area contributed by atoms with E-state index in [-0.39, 0.29) is 6.04 Å². The summed E-state index contributed by atoms with van der Waals surface area (Å²) < 4.78 is 45.0. The van der Waals surface area contributed by atoms with Gasteiger partial charge in [-0.25, -0.2) is 0 Å². The van der Waals surface area contributed by atoms with Crippen LogP contribution >= 0.6 is 0 Å². The number of nitrogens with one attached hydrogen (secondary N) is 1. The van der Waals surface area contributed by atoms with Crippen molar-refractivity contribution in [1.82, 2.24) is 25.5 Å². The number of tetrazole rings is 1. The Morgan fingerprint density at radius 1 is 1.10 bits per heavy atom. The highest BCUT2D eigenvalue weighted by atomic mass is 19.4. The summed E-state index contributed by atoms with van der Waals surface area (Å²) in [6.07, 6.45) is -2.08. The Kier molecular flexibility index (Phi) is 5.23. The van der Waals surface area contributed by atoms with Gasteiger partial charge in [-0.3, -0.25) is 0 Å². The third-order valence-electron chi connectivity index (χ3n) is 5.02. The Bertz CT molecular complexity index is 949. The van der Waals surface area contributed by atoms with Gasteiger partial charge in [0.2, 0.25) is 0 Å². The lowest BCUT2D eigenvalue weighted by molar-refractivity contribution is -0.137. The first kappa shape index (κ1) is 19.4. The molecule has 0 bridgehead atoms. The third-order valence-corrected chi connectivity index (χ3v) is 5.02. The van der Waals surface area contributed by atoms with Crippen molar-refractivity contribution in [3.63, 3.8) is 0 Å². The van der Waals surface area contributed by atoms with Crippen LogP contribution in [0.2, 0.25) is 0 Å². The van der Waals surface area contributed by atoms with E-state index in [0.29, 0.717) is 24.0 Å². The molecule has 1 aliphatic carbocycles. The minimum Gasteiger partial charge on any atom is -0.497 e. The van der Waals surface area contributed by atoms with Crippen LogP contribution in [0.15, 0.2) is 48.5 Å². The van der Waals surface area contributed by atoms with Gasteiger partial charge in [-0.05, 0) is 71.1 Å². The van der Waals surface area contributed by atoms with Gasteiger partial charge in [-0.15, -0.1) is 5.10 Å². The Hall–Kier alpha value is -2.94. The second-order valence-corrected chi connectivity index (χ2v) is 7.02. The van der Waals surface area contributed by atoms with Crippen LogP contribution in [0.3, 0.4) is 0 Å². The van der Waals surface area contributed by atoms with Crippen molar-refractivity contribution in [2.45, 2.75) is 31.6 Å². The van der Waals surface area contributed by atoms with E-state index < -0.39 is 11.7 Å². The first-order valence-electron chi connectivity index (χ1n) is 9.28. The zero-order chi connectivity index (χ0) is 20.4. The molecule has 1 heterocycles. The number of hydrogen-bond acceptors (Lipinski definition) is 5. The number of halogens is 3. The minimum absolute atomic E-state index is 0.152. The minimum atomic E-state index is -4.38. The normalized spacial score (nSPS) is 15.3. The summed E-state index contributed by atoms with van der Waals surface area (Å²) in [4.78, 5) is 0. The van der Waals surface area contributed by atoms with Crippen molar-refractivity contribution in [1.29, 1.82) is 0 Å². The highest BCUT2D eigenvalue weighted by molar-refractivity contribution is 5.35. The van der Waals surface area contributed by atoms with E-state index in [4.69, 9.17) is 4.74 Å². The molecule has 0 spiro atoms. The van der Waals surface area contributed by atoms with Crippen LogP contribution in [0.4, 0.5) is 13.2 Å². The highest BCUT2D eigenvalue weighted by Gasteiger charge is 2.32. The number of benzene rings is 2. The zero-order valence-electron chi connectivity index (χ0n) is 15.7. The molecule has 0 amide bonds. The van der Waals surface area contributed by atoms with E-state index >= 15 is 0 Å². The van der Waals surface area contributed by atoms with E-state index in [1.807, 2.05) is 24.3 Å². The summed E-state index contributed by atoms with van der Waals surface area (Å²) in [6.45, 7) is 0.390. The van der Waals surface area contributed by atoms with Crippen LogP contribution in [0.25, 0.3) is 5.69 Å². The Morgan fingerprint density at radius 2 is 1.79 bits per heavy atom. The monoisotopic (exact) mass is 403 g/mol. The number of methoxy groups -OCH3 is 1. The largest absolute Gasteiger partial charge is 0.497 e. The van der Waals surface area contributed by atoms with Crippen molar-refractivity contribution >= 4 is 0 Å². The topological polar surface area (TPSA) is 64.9 Å². The van der Waals surface area contributed by atoms with E-state index in [2.05, 4.69) is 20.8 Å². The van der Waals surface area contributed by atoms with Gasteiger partial charge in [0.1, 0.15) is 5.75 Å². The first-order chi connectivity index (χ1) is 14.0. The summed E-state index contributed by atoms with van der Waals surface area (Å²) in [7, 11) is 1.63. The van der Waals surface area contributed by atoms with Crippen molar-refractivity contribution in [3.05, 3.63) is 65.5 Å². The lowest BCUT2D eigenvalue weighted by Gasteiger charge is -2.19. The highest BCUT2D eigenvalue weighted by Crippen LogP contribution is 2.41. The molecule has 2 aromatic carbocycles. The van der Waals surface area contributed by atoms with E-state index in [9.17, 15) is 13.2 Å². The molecule has 1 aliphatic rings. The quantitative estimate of drug-likeness (QED) is 0.648. The molecule has 0 radical (unpaired) electrons. The maximum absolute atomic E-state index is 12.8. The van der Waals surface area contributed by atoms with Crippen LogP contribution in [-0.2, 0) is 12.7 Å². The van der Waals surface area contributed by atoms with E-state index in [1.165, 1.54) is 16.8 Å². The molecule has 1 unspecified atom stereocenters. The SMILES string of the molecule is COc1ccc(C(NCc2nnnn2-c2ccc(C(F)(F)F)cc2)C2CC2)cc1. The predicted molar refractivity (Wildman–Crippen MR) is 99.5 cm³/mol. The van der Waals surface area contributed by atoms with E-state index in [0.717, 1.165) is 36.3 Å². The van der Waals surface area contributed by atoms with Crippen molar-refractivity contribution in [2.24, 2.45) is 5.92 Å². The van der Waals surface area contributed by atoms with Gasteiger partial charge in [0.05, 0.1) is 24.9 Å². The van der Waals surface area contributed by atoms with Crippen LogP contribution in [0, 0.1) is 5.92 Å². The molecule has 3 aromatic rings. The standard InChI is InChI=1S/C20H20F3N5O/c1-29-17-10-4-14(5-11-17)19(13-2-3-13)24-12-18-25-26-27-28(18)16-8-6-15(7-9-16)20(21,22)23/h4-11,13,19,24H,2-3,12H2,1H3. The molecule has 4 rings (SSSR count). The molecule has 152 valence electrons. The first-order valence-corrected chi connectivity index (χ1v) is 9.28. The summed E-state index contributed by atoms with van der Waals surface area (Å²) in [6, 6.07) is 12.9. The maximum atomic E-state index is 12.8. The molecule has 6 nitrogen and oxygen atoms in total. The summed E-state index contributed by atoms with van der Waals surface area (Å²) in [5, 5.41) is 15.2. The molecule has 1 N–H and O–H groups in total.